The van der Waals surface area contributed by atoms with Crippen LogP contribution in [0.2, 0.25) is 5.02 Å². The summed E-state index contributed by atoms with van der Waals surface area (Å²) in [5.74, 6) is 0.171. The van der Waals surface area contributed by atoms with Gasteiger partial charge in [-0.3, -0.25) is 10.1 Å². The first-order valence-corrected chi connectivity index (χ1v) is 9.00. The Morgan fingerprint density at radius 3 is 2.58 bits per heavy atom. The molecule has 0 unspecified atom stereocenters. The first kappa shape index (κ1) is 16.5. The number of nitrogens with zero attached hydrogens (tertiary/aromatic N) is 2. The molecule has 5 nitrogen and oxygen atoms in total. The quantitative estimate of drug-likeness (QED) is 0.516. The number of rotatable bonds is 4. The molecule has 0 aliphatic rings. The summed E-state index contributed by atoms with van der Waals surface area (Å²) in [6.45, 7) is 0. The number of nitrogens with one attached hydrogen (secondary N) is 1. The summed E-state index contributed by atoms with van der Waals surface area (Å²) in [5.41, 5.74) is 2.76. The molecule has 0 spiro atoms. The van der Waals surface area contributed by atoms with Crippen LogP contribution in [-0.4, -0.2) is 16.0 Å². The second kappa shape index (κ2) is 7.11. The first-order valence-electron chi connectivity index (χ1n) is 7.74. The number of thiazole rings is 1. The minimum atomic E-state index is -0.368. The van der Waals surface area contributed by atoms with Gasteiger partial charge in [-0.2, -0.15) is 0 Å². The largest absolute Gasteiger partial charge is 0.355 e. The van der Waals surface area contributed by atoms with Crippen molar-refractivity contribution >= 4 is 34.0 Å². The maximum Gasteiger partial charge on any atom is 0.279 e. The third kappa shape index (κ3) is 3.51. The number of carbonyl (C=O) groups is 1. The van der Waals surface area contributed by atoms with E-state index in [2.05, 4.69) is 15.5 Å². The molecule has 0 aliphatic heterocycles. The molecule has 0 atom stereocenters. The van der Waals surface area contributed by atoms with Crippen molar-refractivity contribution in [2.75, 3.05) is 5.32 Å². The molecular formula is C19H12ClN3O2S. The van der Waals surface area contributed by atoms with Crippen molar-refractivity contribution in [3.05, 3.63) is 76.8 Å². The maximum absolute atomic E-state index is 12.4. The molecule has 0 radical (unpaired) electrons. The number of benzene rings is 2. The van der Waals surface area contributed by atoms with Gasteiger partial charge in [0.05, 0.1) is 5.69 Å². The Morgan fingerprint density at radius 1 is 1.04 bits per heavy atom. The minimum Gasteiger partial charge on any atom is -0.355 e. The molecule has 0 aliphatic carbocycles. The van der Waals surface area contributed by atoms with Gasteiger partial charge in [-0.1, -0.05) is 59.2 Å². The van der Waals surface area contributed by atoms with E-state index in [1.165, 1.54) is 11.3 Å². The predicted octanol–water partition coefficient (Wildman–Crippen LogP) is 5.37. The van der Waals surface area contributed by atoms with E-state index in [1.54, 1.807) is 18.2 Å². The zero-order chi connectivity index (χ0) is 17.9. The fourth-order valence-electron chi connectivity index (χ4n) is 2.37. The molecule has 0 saturated heterocycles. The number of amides is 1. The van der Waals surface area contributed by atoms with Crippen molar-refractivity contribution in [2.45, 2.75) is 0 Å². The predicted molar refractivity (Wildman–Crippen MR) is 102 cm³/mol. The Balaban J connectivity index is 1.49. The number of hydrogen-bond acceptors (Lipinski definition) is 5. The highest BCUT2D eigenvalue weighted by Gasteiger charge is 2.15. The Labute approximate surface area is 158 Å². The standard InChI is InChI=1S/C19H12ClN3O2S/c20-14-8-6-12(7-9-14)16-11-26-19(21-16)22-18(24)15-10-17(25-23-15)13-4-2-1-3-5-13/h1-11H,(H,21,22,24). The number of anilines is 1. The third-order valence-electron chi connectivity index (χ3n) is 3.67. The second-order valence-corrected chi connectivity index (χ2v) is 6.74. The summed E-state index contributed by atoms with van der Waals surface area (Å²) in [4.78, 5) is 16.8. The van der Waals surface area contributed by atoms with E-state index in [1.807, 2.05) is 47.8 Å². The molecule has 1 amide bonds. The van der Waals surface area contributed by atoms with Crippen molar-refractivity contribution in [1.29, 1.82) is 0 Å². The van der Waals surface area contributed by atoms with Crippen molar-refractivity contribution in [2.24, 2.45) is 0 Å². The lowest BCUT2D eigenvalue weighted by atomic mass is 10.1. The summed E-state index contributed by atoms with van der Waals surface area (Å²) in [7, 11) is 0. The molecule has 7 heteroatoms. The molecule has 128 valence electrons. The number of halogens is 1. The van der Waals surface area contributed by atoms with Gasteiger partial charge < -0.3 is 4.52 Å². The van der Waals surface area contributed by atoms with Crippen LogP contribution in [-0.2, 0) is 0 Å². The molecule has 4 rings (SSSR count). The average Bonchev–Trinajstić information content (AvgIpc) is 3.33. The summed E-state index contributed by atoms with van der Waals surface area (Å²) in [5, 5.41) is 9.61. The molecule has 1 N–H and O–H groups in total. The van der Waals surface area contributed by atoms with Gasteiger partial charge >= 0.3 is 0 Å². The minimum absolute atomic E-state index is 0.201. The van der Waals surface area contributed by atoms with Crippen LogP contribution >= 0.6 is 22.9 Å². The van der Waals surface area contributed by atoms with Crippen LogP contribution in [0.25, 0.3) is 22.6 Å². The first-order chi connectivity index (χ1) is 12.7. The van der Waals surface area contributed by atoms with E-state index in [-0.39, 0.29) is 11.6 Å². The van der Waals surface area contributed by atoms with Gasteiger partial charge in [-0.05, 0) is 12.1 Å². The Morgan fingerprint density at radius 2 is 1.81 bits per heavy atom. The highest BCUT2D eigenvalue weighted by Crippen LogP contribution is 2.26. The van der Waals surface area contributed by atoms with Crippen molar-refractivity contribution in [3.63, 3.8) is 0 Å². The highest BCUT2D eigenvalue weighted by atomic mass is 35.5. The Hall–Kier alpha value is -2.96. The molecule has 0 bridgehead atoms. The van der Waals surface area contributed by atoms with E-state index in [9.17, 15) is 4.79 Å². The average molecular weight is 382 g/mol. The molecule has 2 aromatic carbocycles. The van der Waals surface area contributed by atoms with Crippen LogP contribution in [0.3, 0.4) is 0 Å². The fourth-order valence-corrected chi connectivity index (χ4v) is 3.21. The van der Waals surface area contributed by atoms with Gasteiger partial charge in [-0.25, -0.2) is 4.98 Å². The summed E-state index contributed by atoms with van der Waals surface area (Å²) < 4.78 is 5.25. The van der Waals surface area contributed by atoms with E-state index >= 15 is 0 Å². The normalized spacial score (nSPS) is 10.7. The van der Waals surface area contributed by atoms with Gasteiger partial charge in [0.15, 0.2) is 16.6 Å². The molecule has 2 aromatic heterocycles. The second-order valence-electron chi connectivity index (χ2n) is 5.44. The van der Waals surface area contributed by atoms with Crippen molar-refractivity contribution < 1.29 is 9.32 Å². The fraction of sp³-hybridized carbons (Fsp3) is 0. The topological polar surface area (TPSA) is 68.0 Å². The summed E-state index contributed by atoms with van der Waals surface area (Å²) in [6, 6.07) is 18.5. The van der Waals surface area contributed by atoms with Crippen LogP contribution in [0, 0.1) is 0 Å². The monoisotopic (exact) mass is 381 g/mol. The summed E-state index contributed by atoms with van der Waals surface area (Å²) in [6.07, 6.45) is 0. The summed E-state index contributed by atoms with van der Waals surface area (Å²) >= 11 is 7.24. The molecular weight excluding hydrogens is 370 g/mol. The lowest BCUT2D eigenvalue weighted by molar-refractivity contribution is 0.101. The lowest BCUT2D eigenvalue weighted by Gasteiger charge is -1.98. The van der Waals surface area contributed by atoms with Crippen molar-refractivity contribution in [3.8, 4) is 22.6 Å². The van der Waals surface area contributed by atoms with Crippen LogP contribution in [0.5, 0.6) is 0 Å². The van der Waals surface area contributed by atoms with E-state index in [0.29, 0.717) is 15.9 Å². The van der Waals surface area contributed by atoms with Crippen molar-refractivity contribution in [1.82, 2.24) is 10.1 Å². The highest BCUT2D eigenvalue weighted by molar-refractivity contribution is 7.14. The molecule has 0 fully saturated rings. The van der Waals surface area contributed by atoms with Crippen LogP contribution < -0.4 is 5.32 Å². The van der Waals surface area contributed by atoms with Gasteiger partial charge in [0, 0.05) is 27.6 Å². The van der Waals surface area contributed by atoms with Gasteiger partial charge in [-0.15, -0.1) is 11.3 Å². The maximum atomic E-state index is 12.4. The van der Waals surface area contributed by atoms with Gasteiger partial charge in [0.2, 0.25) is 0 Å². The van der Waals surface area contributed by atoms with E-state index in [0.717, 1.165) is 16.8 Å². The number of hydrogen-bond donors (Lipinski definition) is 1. The van der Waals surface area contributed by atoms with E-state index < -0.39 is 0 Å². The molecule has 4 aromatic rings. The van der Waals surface area contributed by atoms with Crippen LogP contribution in [0.15, 0.2) is 70.6 Å². The molecule has 26 heavy (non-hydrogen) atoms. The SMILES string of the molecule is O=C(Nc1nc(-c2ccc(Cl)cc2)cs1)c1cc(-c2ccccc2)on1. The Kier molecular flexibility index (Phi) is 4.51. The van der Waals surface area contributed by atoms with Crippen LogP contribution in [0.4, 0.5) is 5.13 Å². The van der Waals surface area contributed by atoms with Gasteiger partial charge in [0.1, 0.15) is 0 Å². The molecule has 2 heterocycles. The third-order valence-corrected chi connectivity index (χ3v) is 4.68. The van der Waals surface area contributed by atoms with Gasteiger partial charge in [0.25, 0.3) is 5.91 Å². The number of carbonyl (C=O) groups excluding carboxylic acids is 1. The zero-order valence-corrected chi connectivity index (χ0v) is 14.9. The zero-order valence-electron chi connectivity index (χ0n) is 13.3. The lowest BCUT2D eigenvalue weighted by Crippen LogP contribution is -2.11. The van der Waals surface area contributed by atoms with E-state index in [4.69, 9.17) is 16.1 Å². The number of aromatic nitrogens is 2. The molecule has 0 saturated carbocycles. The Bertz CT molecular complexity index is 1040. The van der Waals surface area contributed by atoms with Crippen LogP contribution in [0.1, 0.15) is 10.5 Å². The smallest absolute Gasteiger partial charge is 0.279 e.